The quantitative estimate of drug-likeness (QED) is 0.667. The molecular weight excluding hydrogens is 256 g/mol. The van der Waals surface area contributed by atoms with Crippen LogP contribution in [0.2, 0.25) is 0 Å². The van der Waals surface area contributed by atoms with Gasteiger partial charge in [0, 0.05) is 15.1 Å². The zero-order valence-electron chi connectivity index (χ0n) is 6.18. The maximum absolute atomic E-state index is 5.79. The molecule has 0 amide bonds. The van der Waals surface area contributed by atoms with Crippen molar-refractivity contribution in [1.82, 2.24) is 0 Å². The van der Waals surface area contributed by atoms with Gasteiger partial charge < -0.3 is 0 Å². The van der Waals surface area contributed by atoms with Gasteiger partial charge in [-0.15, -0.1) is 22.9 Å². The van der Waals surface area contributed by atoms with Crippen molar-refractivity contribution in [2.45, 2.75) is 5.88 Å². The number of rotatable bonds is 1. The zero-order chi connectivity index (χ0) is 8.55. The molecule has 0 unspecified atom stereocenters. The Morgan fingerprint density at radius 1 is 1.42 bits per heavy atom. The van der Waals surface area contributed by atoms with E-state index in [1.807, 2.05) is 0 Å². The summed E-state index contributed by atoms with van der Waals surface area (Å²) in [6.45, 7) is 0. The van der Waals surface area contributed by atoms with Gasteiger partial charge in [0.2, 0.25) is 0 Å². The van der Waals surface area contributed by atoms with Gasteiger partial charge in [0.25, 0.3) is 0 Å². The van der Waals surface area contributed by atoms with Crippen LogP contribution < -0.4 is 0 Å². The van der Waals surface area contributed by atoms with E-state index in [-0.39, 0.29) is 0 Å². The standard InChI is InChI=1S/C9H6BrClS/c10-7-1-2-9-8(3-7)6(4-11)5-12-9/h1-3,5H,4H2. The van der Waals surface area contributed by atoms with Crippen LogP contribution in [0.5, 0.6) is 0 Å². The molecular formula is C9H6BrClS. The molecule has 2 rings (SSSR count). The van der Waals surface area contributed by atoms with E-state index in [2.05, 4.69) is 39.5 Å². The second-order valence-corrected chi connectivity index (χ2v) is 4.63. The first-order chi connectivity index (χ1) is 5.81. The molecule has 0 fully saturated rings. The van der Waals surface area contributed by atoms with E-state index in [4.69, 9.17) is 11.6 Å². The first kappa shape index (κ1) is 8.54. The van der Waals surface area contributed by atoms with Crippen molar-refractivity contribution < 1.29 is 0 Å². The zero-order valence-corrected chi connectivity index (χ0v) is 9.34. The van der Waals surface area contributed by atoms with Gasteiger partial charge in [0.05, 0.1) is 0 Å². The van der Waals surface area contributed by atoms with Crippen molar-refractivity contribution in [3.8, 4) is 0 Å². The molecule has 1 aromatic carbocycles. The van der Waals surface area contributed by atoms with Gasteiger partial charge in [-0.1, -0.05) is 15.9 Å². The minimum atomic E-state index is 0.594. The molecule has 0 saturated heterocycles. The summed E-state index contributed by atoms with van der Waals surface area (Å²) in [6.07, 6.45) is 0. The largest absolute Gasteiger partial charge is 0.143 e. The maximum atomic E-state index is 5.79. The minimum absolute atomic E-state index is 0.594. The number of hydrogen-bond acceptors (Lipinski definition) is 1. The summed E-state index contributed by atoms with van der Waals surface area (Å²) in [4.78, 5) is 0. The molecule has 0 nitrogen and oxygen atoms in total. The predicted octanol–water partition coefficient (Wildman–Crippen LogP) is 4.40. The van der Waals surface area contributed by atoms with Crippen molar-refractivity contribution in [3.63, 3.8) is 0 Å². The van der Waals surface area contributed by atoms with E-state index in [1.54, 1.807) is 11.3 Å². The molecule has 0 bridgehead atoms. The Kier molecular flexibility index (Phi) is 2.40. The summed E-state index contributed by atoms with van der Waals surface area (Å²) < 4.78 is 2.41. The molecule has 0 atom stereocenters. The average Bonchev–Trinajstić information content (AvgIpc) is 2.46. The fourth-order valence-corrected chi connectivity index (χ4v) is 2.77. The van der Waals surface area contributed by atoms with Crippen molar-refractivity contribution in [2.24, 2.45) is 0 Å². The topological polar surface area (TPSA) is 0 Å². The van der Waals surface area contributed by atoms with Gasteiger partial charge in [-0.05, 0) is 34.5 Å². The number of fused-ring (bicyclic) bond motifs is 1. The number of thiophene rings is 1. The molecule has 0 saturated carbocycles. The number of hydrogen-bond donors (Lipinski definition) is 0. The van der Waals surface area contributed by atoms with Gasteiger partial charge in [0.15, 0.2) is 0 Å². The van der Waals surface area contributed by atoms with Crippen LogP contribution >= 0.6 is 38.9 Å². The summed E-state index contributed by atoms with van der Waals surface area (Å²) in [5, 5.41) is 3.38. The third-order valence-electron chi connectivity index (χ3n) is 1.76. The van der Waals surface area contributed by atoms with Crippen LogP contribution in [-0.2, 0) is 5.88 Å². The van der Waals surface area contributed by atoms with Crippen molar-refractivity contribution in [2.75, 3.05) is 0 Å². The number of alkyl halides is 1. The summed E-state index contributed by atoms with van der Waals surface area (Å²) in [5.41, 5.74) is 1.22. The van der Waals surface area contributed by atoms with Gasteiger partial charge in [-0.3, -0.25) is 0 Å². The van der Waals surface area contributed by atoms with E-state index < -0.39 is 0 Å². The third kappa shape index (κ3) is 1.39. The Morgan fingerprint density at radius 3 is 3.00 bits per heavy atom. The Bertz CT molecular complexity index is 408. The molecule has 12 heavy (non-hydrogen) atoms. The fraction of sp³-hybridized carbons (Fsp3) is 0.111. The highest BCUT2D eigenvalue weighted by atomic mass is 79.9. The predicted molar refractivity (Wildman–Crippen MR) is 59.1 cm³/mol. The second-order valence-electron chi connectivity index (χ2n) is 2.54. The highest BCUT2D eigenvalue weighted by molar-refractivity contribution is 9.10. The SMILES string of the molecule is ClCc1csc2ccc(Br)cc12. The van der Waals surface area contributed by atoms with Crippen LogP contribution in [0.15, 0.2) is 28.1 Å². The molecule has 0 N–H and O–H groups in total. The normalized spacial score (nSPS) is 10.8. The highest BCUT2D eigenvalue weighted by Crippen LogP contribution is 2.29. The average molecular weight is 262 g/mol. The lowest BCUT2D eigenvalue weighted by Gasteiger charge is -1.93. The third-order valence-corrected chi connectivity index (χ3v) is 3.55. The highest BCUT2D eigenvalue weighted by Gasteiger charge is 2.02. The number of benzene rings is 1. The molecule has 2 aromatic rings. The van der Waals surface area contributed by atoms with Crippen LogP contribution in [0.1, 0.15) is 5.56 Å². The summed E-state index contributed by atoms with van der Waals surface area (Å²) >= 11 is 11.0. The molecule has 0 aliphatic heterocycles. The van der Waals surface area contributed by atoms with E-state index in [9.17, 15) is 0 Å². The maximum Gasteiger partial charge on any atom is 0.0488 e. The Hall–Kier alpha value is -0.0500. The van der Waals surface area contributed by atoms with E-state index in [1.165, 1.54) is 15.6 Å². The van der Waals surface area contributed by atoms with E-state index >= 15 is 0 Å². The van der Waals surface area contributed by atoms with Gasteiger partial charge >= 0.3 is 0 Å². The van der Waals surface area contributed by atoms with Crippen molar-refractivity contribution >= 4 is 49.0 Å². The first-order valence-electron chi connectivity index (χ1n) is 3.53. The van der Waals surface area contributed by atoms with E-state index in [0.717, 1.165) is 4.47 Å². The lowest BCUT2D eigenvalue weighted by molar-refractivity contribution is 1.49. The van der Waals surface area contributed by atoms with Crippen molar-refractivity contribution in [3.05, 3.63) is 33.6 Å². The Labute approximate surface area is 88.3 Å². The smallest absolute Gasteiger partial charge is 0.0488 e. The monoisotopic (exact) mass is 260 g/mol. The van der Waals surface area contributed by atoms with Crippen molar-refractivity contribution in [1.29, 1.82) is 0 Å². The van der Waals surface area contributed by atoms with Crippen LogP contribution in [0, 0.1) is 0 Å². The molecule has 62 valence electrons. The molecule has 0 radical (unpaired) electrons. The van der Waals surface area contributed by atoms with Crippen LogP contribution in [0.4, 0.5) is 0 Å². The summed E-state index contributed by atoms with van der Waals surface area (Å²) in [5.74, 6) is 0.594. The van der Waals surface area contributed by atoms with Crippen LogP contribution in [0.3, 0.4) is 0 Å². The van der Waals surface area contributed by atoms with E-state index in [0.29, 0.717) is 5.88 Å². The lowest BCUT2D eigenvalue weighted by atomic mass is 10.2. The molecule has 1 heterocycles. The Morgan fingerprint density at radius 2 is 2.25 bits per heavy atom. The molecule has 0 aliphatic rings. The summed E-state index contributed by atoms with van der Waals surface area (Å²) in [6, 6.07) is 6.28. The lowest BCUT2D eigenvalue weighted by Crippen LogP contribution is -1.72. The van der Waals surface area contributed by atoms with Gasteiger partial charge in [-0.25, -0.2) is 0 Å². The Balaban J connectivity index is 2.75. The fourth-order valence-electron chi connectivity index (χ4n) is 1.16. The first-order valence-corrected chi connectivity index (χ1v) is 5.73. The van der Waals surface area contributed by atoms with Crippen LogP contribution in [-0.4, -0.2) is 0 Å². The second kappa shape index (κ2) is 3.36. The molecule has 0 spiro atoms. The molecule has 1 aromatic heterocycles. The summed E-state index contributed by atoms with van der Waals surface area (Å²) in [7, 11) is 0. The minimum Gasteiger partial charge on any atom is -0.143 e. The molecule has 3 heteroatoms. The van der Waals surface area contributed by atoms with Gasteiger partial charge in [-0.2, -0.15) is 0 Å². The number of halogens is 2. The van der Waals surface area contributed by atoms with Crippen LogP contribution in [0.25, 0.3) is 10.1 Å². The van der Waals surface area contributed by atoms with Gasteiger partial charge in [0.1, 0.15) is 0 Å². The molecule has 0 aliphatic carbocycles.